The lowest BCUT2D eigenvalue weighted by molar-refractivity contribution is -0.140. The molecule has 0 spiro atoms. The maximum atomic E-state index is 12.9. The first kappa shape index (κ1) is 17.7. The standard InChI is InChI=1S/C17H20N2O5/c1-23-10-9-19(8-7-16(21)24-2)17(22)13-11-15(20)18-14-6-4-3-5-12(13)14/h3-6,11H,7-10H2,1-2H3,(H,18,20). The molecule has 0 saturated heterocycles. The molecule has 1 aromatic heterocycles. The molecule has 0 aliphatic heterocycles. The third kappa shape index (κ3) is 4.20. The zero-order valence-corrected chi connectivity index (χ0v) is 13.7. The lowest BCUT2D eigenvalue weighted by Crippen LogP contribution is -2.36. The van der Waals surface area contributed by atoms with Crippen molar-refractivity contribution in [3.8, 4) is 0 Å². The molecule has 0 bridgehead atoms. The number of nitrogens with zero attached hydrogens (tertiary/aromatic N) is 1. The van der Waals surface area contributed by atoms with Gasteiger partial charge in [0.05, 0.1) is 25.7 Å². The van der Waals surface area contributed by atoms with Gasteiger partial charge in [-0.15, -0.1) is 0 Å². The molecular weight excluding hydrogens is 312 g/mol. The van der Waals surface area contributed by atoms with Crippen LogP contribution in [0.2, 0.25) is 0 Å². The molecule has 0 aliphatic carbocycles. The number of methoxy groups -OCH3 is 2. The second-order valence-electron chi connectivity index (χ2n) is 5.20. The number of carbonyl (C=O) groups is 2. The summed E-state index contributed by atoms with van der Waals surface area (Å²) in [6, 6.07) is 8.37. The minimum atomic E-state index is -0.402. The Labute approximate surface area is 139 Å². The van der Waals surface area contributed by atoms with Crippen molar-refractivity contribution in [1.29, 1.82) is 0 Å². The van der Waals surface area contributed by atoms with Crippen LogP contribution < -0.4 is 5.56 Å². The van der Waals surface area contributed by atoms with Gasteiger partial charge in [0, 0.05) is 37.2 Å². The summed E-state index contributed by atoms with van der Waals surface area (Å²) in [5.41, 5.74) is 0.542. The van der Waals surface area contributed by atoms with Gasteiger partial charge in [-0.3, -0.25) is 14.4 Å². The molecule has 7 heteroatoms. The summed E-state index contributed by atoms with van der Waals surface area (Å²) in [6.45, 7) is 0.831. The van der Waals surface area contributed by atoms with Crippen molar-refractivity contribution < 1.29 is 19.1 Å². The molecule has 0 atom stereocenters. The van der Waals surface area contributed by atoms with Gasteiger partial charge in [-0.1, -0.05) is 18.2 Å². The minimum Gasteiger partial charge on any atom is -0.469 e. The number of rotatable bonds is 7. The van der Waals surface area contributed by atoms with Crippen molar-refractivity contribution in [2.24, 2.45) is 0 Å². The first-order chi connectivity index (χ1) is 11.6. The third-order valence-corrected chi connectivity index (χ3v) is 3.65. The molecule has 1 aromatic carbocycles. The number of hydrogen-bond donors (Lipinski definition) is 1. The van der Waals surface area contributed by atoms with E-state index in [2.05, 4.69) is 9.72 Å². The van der Waals surface area contributed by atoms with Crippen LogP contribution >= 0.6 is 0 Å². The van der Waals surface area contributed by atoms with Gasteiger partial charge in [0.25, 0.3) is 5.91 Å². The number of benzene rings is 1. The van der Waals surface area contributed by atoms with E-state index in [0.29, 0.717) is 29.6 Å². The molecule has 0 aliphatic rings. The van der Waals surface area contributed by atoms with E-state index in [4.69, 9.17) is 4.74 Å². The number of pyridine rings is 1. The average Bonchev–Trinajstić information content (AvgIpc) is 2.60. The highest BCUT2D eigenvalue weighted by Crippen LogP contribution is 2.16. The van der Waals surface area contributed by atoms with Crippen LogP contribution in [0.25, 0.3) is 10.9 Å². The summed E-state index contributed by atoms with van der Waals surface area (Å²) in [5, 5.41) is 0.655. The monoisotopic (exact) mass is 332 g/mol. The molecule has 24 heavy (non-hydrogen) atoms. The van der Waals surface area contributed by atoms with E-state index in [1.165, 1.54) is 25.2 Å². The number of H-pyrrole nitrogens is 1. The molecular formula is C17H20N2O5. The number of carbonyl (C=O) groups excluding carboxylic acids is 2. The van der Waals surface area contributed by atoms with Crippen LogP contribution in [0, 0.1) is 0 Å². The number of aromatic nitrogens is 1. The van der Waals surface area contributed by atoms with Crippen LogP contribution in [0.4, 0.5) is 0 Å². The lowest BCUT2D eigenvalue weighted by Gasteiger charge is -2.22. The highest BCUT2D eigenvalue weighted by Gasteiger charge is 2.20. The Bertz CT molecular complexity index is 784. The molecule has 7 nitrogen and oxygen atoms in total. The normalized spacial score (nSPS) is 10.6. The fourth-order valence-electron chi connectivity index (χ4n) is 2.40. The van der Waals surface area contributed by atoms with Crippen LogP contribution in [0.1, 0.15) is 16.8 Å². The molecule has 2 aromatic rings. The first-order valence-electron chi connectivity index (χ1n) is 7.54. The summed E-state index contributed by atoms with van der Waals surface area (Å²) in [5.74, 6) is -0.723. The van der Waals surface area contributed by atoms with Crippen LogP contribution in [-0.2, 0) is 14.3 Å². The Balaban J connectivity index is 2.34. The van der Waals surface area contributed by atoms with Crippen LogP contribution in [0.5, 0.6) is 0 Å². The number of esters is 1. The topological polar surface area (TPSA) is 88.7 Å². The van der Waals surface area contributed by atoms with Crippen molar-refractivity contribution in [3.05, 3.63) is 46.2 Å². The summed E-state index contributed by atoms with van der Waals surface area (Å²) in [4.78, 5) is 40.3. The largest absolute Gasteiger partial charge is 0.469 e. The molecule has 0 radical (unpaired) electrons. The Morgan fingerprint density at radius 1 is 1.17 bits per heavy atom. The Morgan fingerprint density at radius 2 is 1.92 bits per heavy atom. The van der Waals surface area contributed by atoms with Gasteiger partial charge in [-0.05, 0) is 6.07 Å². The zero-order chi connectivity index (χ0) is 17.5. The summed E-state index contributed by atoms with van der Waals surface area (Å²) < 4.78 is 9.64. The van der Waals surface area contributed by atoms with Gasteiger partial charge >= 0.3 is 5.97 Å². The zero-order valence-electron chi connectivity index (χ0n) is 13.7. The molecule has 1 amide bonds. The predicted octanol–water partition coefficient (Wildman–Crippen LogP) is 1.18. The second-order valence-corrected chi connectivity index (χ2v) is 5.20. The SMILES string of the molecule is COCCN(CCC(=O)OC)C(=O)c1cc(=O)[nH]c2ccccc12. The summed E-state index contributed by atoms with van der Waals surface area (Å²) in [7, 11) is 2.83. The number of hydrogen-bond acceptors (Lipinski definition) is 5. The molecule has 0 unspecified atom stereocenters. The van der Waals surface area contributed by atoms with E-state index in [-0.39, 0.29) is 24.4 Å². The Hall–Kier alpha value is -2.67. The van der Waals surface area contributed by atoms with Gasteiger partial charge < -0.3 is 19.4 Å². The average molecular weight is 332 g/mol. The van der Waals surface area contributed by atoms with Crippen molar-refractivity contribution in [2.75, 3.05) is 33.9 Å². The molecule has 0 fully saturated rings. The van der Waals surface area contributed by atoms with Crippen molar-refractivity contribution in [1.82, 2.24) is 9.88 Å². The van der Waals surface area contributed by atoms with E-state index in [0.717, 1.165) is 0 Å². The van der Waals surface area contributed by atoms with Gasteiger partial charge in [0.15, 0.2) is 0 Å². The Morgan fingerprint density at radius 3 is 2.62 bits per heavy atom. The number of fused-ring (bicyclic) bond motifs is 1. The number of nitrogens with one attached hydrogen (secondary N) is 1. The highest BCUT2D eigenvalue weighted by molar-refractivity contribution is 6.06. The van der Waals surface area contributed by atoms with Gasteiger partial charge in [0.1, 0.15) is 0 Å². The Kier molecular flexibility index (Phi) is 6.08. The van der Waals surface area contributed by atoms with E-state index in [1.807, 2.05) is 0 Å². The molecule has 1 N–H and O–H groups in total. The molecule has 128 valence electrons. The van der Waals surface area contributed by atoms with E-state index >= 15 is 0 Å². The van der Waals surface area contributed by atoms with Crippen molar-refractivity contribution >= 4 is 22.8 Å². The van der Waals surface area contributed by atoms with E-state index in [9.17, 15) is 14.4 Å². The fourth-order valence-corrected chi connectivity index (χ4v) is 2.40. The number of aromatic amines is 1. The second kappa shape index (κ2) is 8.26. The number of amides is 1. The van der Waals surface area contributed by atoms with Crippen molar-refractivity contribution in [3.63, 3.8) is 0 Å². The third-order valence-electron chi connectivity index (χ3n) is 3.65. The van der Waals surface area contributed by atoms with Crippen LogP contribution in [0.3, 0.4) is 0 Å². The minimum absolute atomic E-state index is 0.0765. The maximum Gasteiger partial charge on any atom is 0.307 e. The molecule has 1 heterocycles. The van der Waals surface area contributed by atoms with Gasteiger partial charge in [-0.25, -0.2) is 0 Å². The quantitative estimate of drug-likeness (QED) is 0.769. The van der Waals surface area contributed by atoms with E-state index < -0.39 is 5.97 Å². The molecule has 2 rings (SSSR count). The van der Waals surface area contributed by atoms with Crippen molar-refractivity contribution in [2.45, 2.75) is 6.42 Å². The smallest absolute Gasteiger partial charge is 0.307 e. The van der Waals surface area contributed by atoms with E-state index in [1.54, 1.807) is 24.3 Å². The molecule has 0 saturated carbocycles. The highest BCUT2D eigenvalue weighted by atomic mass is 16.5. The van der Waals surface area contributed by atoms with Crippen LogP contribution in [-0.4, -0.2) is 55.7 Å². The van der Waals surface area contributed by atoms with Gasteiger partial charge in [0.2, 0.25) is 5.56 Å². The van der Waals surface area contributed by atoms with Gasteiger partial charge in [-0.2, -0.15) is 0 Å². The number of para-hydroxylation sites is 1. The lowest BCUT2D eigenvalue weighted by atomic mass is 10.1. The maximum absolute atomic E-state index is 12.9. The summed E-state index contributed by atoms with van der Waals surface area (Å²) >= 11 is 0. The predicted molar refractivity (Wildman–Crippen MR) is 89.0 cm³/mol. The fraction of sp³-hybridized carbons (Fsp3) is 0.353. The van der Waals surface area contributed by atoms with Crippen LogP contribution in [0.15, 0.2) is 35.1 Å². The summed E-state index contributed by atoms with van der Waals surface area (Å²) in [6.07, 6.45) is 0.0765. The number of ether oxygens (including phenoxy) is 2. The first-order valence-corrected chi connectivity index (χ1v) is 7.54.